The summed E-state index contributed by atoms with van der Waals surface area (Å²) >= 11 is 5.07. The molecule has 0 amide bonds. The number of aryl methyl sites for hydroxylation is 3. The minimum atomic E-state index is -0.0372. The quantitative estimate of drug-likeness (QED) is 0.661. The van der Waals surface area contributed by atoms with E-state index in [1.807, 2.05) is 32.9 Å². The lowest BCUT2D eigenvalue weighted by Gasteiger charge is -2.10. The van der Waals surface area contributed by atoms with Gasteiger partial charge in [-0.25, -0.2) is 9.97 Å². The average Bonchev–Trinajstić information content (AvgIpc) is 2.73. The fraction of sp³-hybridized carbons (Fsp3) is 0.267. The van der Waals surface area contributed by atoms with Crippen LogP contribution in [0.1, 0.15) is 16.3 Å². The molecule has 21 heavy (non-hydrogen) atoms. The van der Waals surface area contributed by atoms with Crippen LogP contribution >= 0.6 is 27.3 Å². The van der Waals surface area contributed by atoms with Crippen LogP contribution in [-0.4, -0.2) is 14.5 Å². The second-order valence-electron chi connectivity index (χ2n) is 5.09. The molecule has 0 aliphatic carbocycles. The Kier molecular flexibility index (Phi) is 3.45. The van der Waals surface area contributed by atoms with Crippen LogP contribution in [0.15, 0.2) is 21.4 Å². The predicted molar refractivity (Wildman–Crippen MR) is 90.0 cm³/mol. The van der Waals surface area contributed by atoms with Gasteiger partial charge in [0.15, 0.2) is 5.82 Å². The monoisotopic (exact) mass is 363 g/mol. The molecule has 2 aromatic heterocycles. The topological polar surface area (TPSA) is 47.8 Å². The lowest BCUT2D eigenvalue weighted by Crippen LogP contribution is -2.20. The lowest BCUT2D eigenvalue weighted by molar-refractivity contribution is 0.856. The summed E-state index contributed by atoms with van der Waals surface area (Å²) in [7, 11) is 1.76. The summed E-state index contributed by atoms with van der Waals surface area (Å²) in [5.74, 6) is 0.667. The van der Waals surface area contributed by atoms with Crippen molar-refractivity contribution in [3.63, 3.8) is 0 Å². The first kappa shape index (κ1) is 14.4. The van der Waals surface area contributed by atoms with Crippen molar-refractivity contribution < 1.29 is 0 Å². The van der Waals surface area contributed by atoms with Crippen LogP contribution in [0.5, 0.6) is 0 Å². The van der Waals surface area contributed by atoms with Crippen molar-refractivity contribution in [2.45, 2.75) is 20.8 Å². The van der Waals surface area contributed by atoms with Gasteiger partial charge in [-0.15, -0.1) is 11.3 Å². The van der Waals surface area contributed by atoms with Crippen molar-refractivity contribution in [3.8, 4) is 10.7 Å². The molecule has 0 aliphatic heterocycles. The second kappa shape index (κ2) is 5.03. The van der Waals surface area contributed by atoms with Gasteiger partial charge in [-0.05, 0) is 54.4 Å². The highest BCUT2D eigenvalue weighted by Gasteiger charge is 2.16. The molecule has 0 bridgehead atoms. The number of rotatable bonds is 1. The van der Waals surface area contributed by atoms with Crippen LogP contribution in [-0.2, 0) is 7.05 Å². The molecule has 3 rings (SSSR count). The van der Waals surface area contributed by atoms with Crippen LogP contribution in [0, 0.1) is 20.8 Å². The Morgan fingerprint density at radius 3 is 2.52 bits per heavy atom. The number of hydrogen-bond acceptors (Lipinski definition) is 4. The van der Waals surface area contributed by atoms with Crippen molar-refractivity contribution in [2.75, 3.05) is 0 Å². The molecule has 108 valence electrons. The highest BCUT2D eigenvalue weighted by atomic mass is 79.9. The van der Waals surface area contributed by atoms with Gasteiger partial charge in [0.05, 0.1) is 26.5 Å². The molecule has 0 atom stereocenters. The molecule has 0 N–H and O–H groups in total. The Hall–Kier alpha value is -1.53. The summed E-state index contributed by atoms with van der Waals surface area (Å²) < 4.78 is 2.45. The van der Waals surface area contributed by atoms with E-state index in [-0.39, 0.29) is 5.56 Å². The molecule has 4 nitrogen and oxygen atoms in total. The van der Waals surface area contributed by atoms with E-state index in [9.17, 15) is 4.79 Å². The summed E-state index contributed by atoms with van der Waals surface area (Å²) in [5, 5.41) is 1.60. The smallest absolute Gasteiger partial charge is 0.261 e. The number of benzene rings is 1. The van der Waals surface area contributed by atoms with Crippen LogP contribution in [0.25, 0.3) is 21.6 Å². The molecular weight excluding hydrogens is 350 g/mol. The SMILES string of the molecule is Cc1cc(Br)c2nc(-c3sc(C)nc3C)n(C)c(=O)c2c1. The van der Waals surface area contributed by atoms with Gasteiger partial charge >= 0.3 is 0 Å². The van der Waals surface area contributed by atoms with Gasteiger partial charge in [0.25, 0.3) is 5.56 Å². The van der Waals surface area contributed by atoms with Crippen molar-refractivity contribution in [1.29, 1.82) is 0 Å². The van der Waals surface area contributed by atoms with Crippen molar-refractivity contribution in [2.24, 2.45) is 7.05 Å². The molecule has 0 aliphatic rings. The normalized spacial score (nSPS) is 11.3. The third-order valence-corrected chi connectivity index (χ3v) is 5.06. The summed E-state index contributed by atoms with van der Waals surface area (Å²) in [6, 6.07) is 3.85. The Morgan fingerprint density at radius 1 is 1.19 bits per heavy atom. The maximum Gasteiger partial charge on any atom is 0.261 e. The molecule has 0 radical (unpaired) electrons. The van der Waals surface area contributed by atoms with Gasteiger partial charge in [-0.3, -0.25) is 9.36 Å². The van der Waals surface area contributed by atoms with E-state index in [0.29, 0.717) is 16.7 Å². The summed E-state index contributed by atoms with van der Waals surface area (Å²) in [6.45, 7) is 5.87. The van der Waals surface area contributed by atoms with Crippen molar-refractivity contribution in [1.82, 2.24) is 14.5 Å². The number of thiazole rings is 1. The summed E-state index contributed by atoms with van der Waals surface area (Å²) in [6.07, 6.45) is 0. The maximum atomic E-state index is 12.6. The van der Waals surface area contributed by atoms with Crippen molar-refractivity contribution >= 4 is 38.2 Å². The first-order valence-electron chi connectivity index (χ1n) is 6.49. The van der Waals surface area contributed by atoms with Crippen LogP contribution in [0.3, 0.4) is 0 Å². The Balaban J connectivity index is 2.43. The van der Waals surface area contributed by atoms with E-state index in [2.05, 4.69) is 20.9 Å². The van der Waals surface area contributed by atoms with E-state index in [0.717, 1.165) is 25.6 Å². The highest BCUT2D eigenvalue weighted by Crippen LogP contribution is 2.30. The molecule has 1 aromatic carbocycles. The van der Waals surface area contributed by atoms with Gasteiger partial charge in [0.1, 0.15) is 0 Å². The lowest BCUT2D eigenvalue weighted by atomic mass is 10.1. The largest absolute Gasteiger partial charge is 0.295 e. The van der Waals surface area contributed by atoms with Crippen LogP contribution < -0.4 is 5.56 Å². The molecule has 0 fully saturated rings. The van der Waals surface area contributed by atoms with Gasteiger partial charge in [0, 0.05) is 11.5 Å². The third kappa shape index (κ3) is 2.32. The minimum absolute atomic E-state index is 0.0372. The van der Waals surface area contributed by atoms with Gasteiger partial charge in [0.2, 0.25) is 0 Å². The number of aromatic nitrogens is 3. The third-order valence-electron chi connectivity index (χ3n) is 3.38. The van der Waals surface area contributed by atoms with Crippen LogP contribution in [0.4, 0.5) is 0 Å². The summed E-state index contributed by atoms with van der Waals surface area (Å²) in [5.41, 5.74) is 2.60. The fourth-order valence-electron chi connectivity index (χ4n) is 2.41. The zero-order valence-electron chi connectivity index (χ0n) is 12.2. The van der Waals surface area contributed by atoms with E-state index in [1.165, 1.54) is 0 Å². The second-order valence-corrected chi connectivity index (χ2v) is 7.15. The van der Waals surface area contributed by atoms with E-state index < -0.39 is 0 Å². The fourth-order valence-corrected chi connectivity index (χ4v) is 4.02. The number of hydrogen-bond donors (Lipinski definition) is 0. The first-order valence-corrected chi connectivity index (χ1v) is 8.10. The van der Waals surface area contributed by atoms with Crippen molar-refractivity contribution in [3.05, 3.63) is 43.2 Å². The van der Waals surface area contributed by atoms with Gasteiger partial charge < -0.3 is 0 Å². The predicted octanol–water partition coefficient (Wildman–Crippen LogP) is 3.74. The number of fused-ring (bicyclic) bond motifs is 1. The Morgan fingerprint density at radius 2 is 1.90 bits per heavy atom. The molecule has 6 heteroatoms. The Labute approximate surface area is 134 Å². The number of halogens is 1. The molecule has 0 unspecified atom stereocenters. The minimum Gasteiger partial charge on any atom is -0.295 e. The zero-order valence-corrected chi connectivity index (χ0v) is 14.6. The molecule has 0 saturated carbocycles. The molecule has 2 heterocycles. The average molecular weight is 364 g/mol. The zero-order chi connectivity index (χ0) is 15.3. The van der Waals surface area contributed by atoms with E-state index in [1.54, 1.807) is 23.0 Å². The molecular formula is C15H14BrN3OS. The number of nitrogens with zero attached hydrogens (tertiary/aromatic N) is 3. The molecule has 0 spiro atoms. The molecule has 3 aromatic rings. The van der Waals surface area contributed by atoms with E-state index in [4.69, 9.17) is 4.98 Å². The maximum absolute atomic E-state index is 12.6. The molecule has 0 saturated heterocycles. The highest BCUT2D eigenvalue weighted by molar-refractivity contribution is 9.10. The first-order chi connectivity index (χ1) is 9.88. The standard InChI is InChI=1S/C15H14BrN3OS/c1-7-5-10-12(11(16)6-7)18-14(19(4)15(10)20)13-8(2)17-9(3)21-13/h5-6H,1-4H3. The Bertz CT molecular complexity index is 927. The van der Waals surface area contributed by atoms with E-state index >= 15 is 0 Å². The van der Waals surface area contributed by atoms with Gasteiger partial charge in [-0.1, -0.05) is 0 Å². The summed E-state index contributed by atoms with van der Waals surface area (Å²) in [4.78, 5) is 22.7. The van der Waals surface area contributed by atoms with Gasteiger partial charge in [-0.2, -0.15) is 0 Å². The van der Waals surface area contributed by atoms with Crippen LogP contribution in [0.2, 0.25) is 0 Å².